The maximum Gasteiger partial charge on any atom is 0.106 e. The molecule has 0 aromatic heterocycles. The number of benzene rings is 1. The van der Waals surface area contributed by atoms with Crippen molar-refractivity contribution in [2.45, 2.75) is 24.0 Å². The molecule has 3 N–H and O–H groups in total. The fourth-order valence-electron chi connectivity index (χ4n) is 2.13. The summed E-state index contributed by atoms with van der Waals surface area (Å²) in [5, 5.41) is 3.50. The minimum Gasteiger partial charge on any atom is -0.389 e. The first-order valence-corrected chi connectivity index (χ1v) is 7.48. The largest absolute Gasteiger partial charge is 0.389 e. The maximum absolute atomic E-state index is 5.72. The third kappa shape index (κ3) is 2.75. The number of nitrogens with two attached hydrogens (primary N) is 1. The summed E-state index contributed by atoms with van der Waals surface area (Å²) in [6.45, 7) is 0.994. The molecule has 1 aliphatic carbocycles. The monoisotopic (exact) mass is 266 g/mol. The van der Waals surface area contributed by atoms with Gasteiger partial charge >= 0.3 is 0 Å². The lowest BCUT2D eigenvalue weighted by atomic mass is 9.84. The molecule has 0 amide bonds. The second-order valence-electron chi connectivity index (χ2n) is 4.50. The summed E-state index contributed by atoms with van der Waals surface area (Å²) in [4.78, 5) is 0.458. The van der Waals surface area contributed by atoms with E-state index in [2.05, 4.69) is 11.6 Å². The average molecular weight is 266 g/mol. The molecule has 92 valence electrons. The van der Waals surface area contributed by atoms with Crippen molar-refractivity contribution in [3.05, 3.63) is 29.8 Å². The second-order valence-corrected chi connectivity index (χ2v) is 6.22. The molecule has 0 unspecified atom stereocenters. The van der Waals surface area contributed by atoms with E-state index in [4.69, 9.17) is 18.0 Å². The lowest BCUT2D eigenvalue weighted by Crippen LogP contribution is -2.40. The number of nitrogens with one attached hydrogen (secondary N) is 1. The van der Waals surface area contributed by atoms with Crippen molar-refractivity contribution in [2.24, 2.45) is 5.73 Å². The number of thioether (sulfide) groups is 1. The van der Waals surface area contributed by atoms with Gasteiger partial charge in [-0.25, -0.2) is 0 Å². The molecule has 1 aliphatic rings. The maximum atomic E-state index is 5.72. The Kier molecular flexibility index (Phi) is 3.94. The highest BCUT2D eigenvalue weighted by atomic mass is 32.2. The molecule has 0 saturated heterocycles. The summed E-state index contributed by atoms with van der Waals surface area (Å²) in [7, 11) is 0. The molecule has 0 bridgehead atoms. The van der Waals surface area contributed by atoms with E-state index in [-0.39, 0.29) is 0 Å². The molecule has 0 radical (unpaired) electrons. The first kappa shape index (κ1) is 12.7. The second kappa shape index (κ2) is 5.27. The van der Waals surface area contributed by atoms with E-state index in [0.717, 1.165) is 17.8 Å². The van der Waals surface area contributed by atoms with Crippen LogP contribution in [0.25, 0.3) is 0 Å². The SMILES string of the molecule is CSC1(CNc2ccccc2C(N)=S)CCC1. The van der Waals surface area contributed by atoms with Crippen molar-refractivity contribution in [1.82, 2.24) is 0 Å². The molecule has 2 nitrogen and oxygen atoms in total. The number of rotatable bonds is 5. The van der Waals surface area contributed by atoms with Gasteiger partial charge in [0.05, 0.1) is 0 Å². The van der Waals surface area contributed by atoms with Crippen LogP contribution in [0.4, 0.5) is 5.69 Å². The van der Waals surface area contributed by atoms with Crippen LogP contribution in [0, 0.1) is 0 Å². The summed E-state index contributed by atoms with van der Waals surface area (Å²) in [6, 6.07) is 7.99. The molecule has 1 aromatic carbocycles. The van der Waals surface area contributed by atoms with Crippen LogP contribution in [0.1, 0.15) is 24.8 Å². The molecular formula is C13H18N2S2. The van der Waals surface area contributed by atoms with Crippen LogP contribution in [0.3, 0.4) is 0 Å². The van der Waals surface area contributed by atoms with E-state index in [1.807, 2.05) is 36.0 Å². The van der Waals surface area contributed by atoms with E-state index in [9.17, 15) is 0 Å². The van der Waals surface area contributed by atoms with Crippen LogP contribution in [0.15, 0.2) is 24.3 Å². The van der Waals surface area contributed by atoms with Gasteiger partial charge in [0.2, 0.25) is 0 Å². The standard InChI is InChI=1S/C13H18N2S2/c1-17-13(7-4-8-13)9-15-11-6-3-2-5-10(11)12(14)16/h2-3,5-6,15H,4,7-9H2,1H3,(H2,14,16). The van der Waals surface area contributed by atoms with Gasteiger partial charge in [0.1, 0.15) is 4.99 Å². The predicted molar refractivity (Wildman–Crippen MR) is 80.9 cm³/mol. The van der Waals surface area contributed by atoms with Crippen molar-refractivity contribution in [3.8, 4) is 0 Å². The van der Waals surface area contributed by atoms with Crippen LogP contribution < -0.4 is 11.1 Å². The fraction of sp³-hybridized carbons (Fsp3) is 0.462. The van der Waals surface area contributed by atoms with Crippen molar-refractivity contribution in [2.75, 3.05) is 18.1 Å². The predicted octanol–water partition coefficient (Wildman–Crippen LogP) is 3.02. The third-order valence-corrected chi connectivity index (χ3v) is 5.13. The Bertz CT molecular complexity index is 408. The van der Waals surface area contributed by atoms with Gasteiger partial charge < -0.3 is 11.1 Å². The molecule has 17 heavy (non-hydrogen) atoms. The first-order valence-electron chi connectivity index (χ1n) is 5.85. The van der Waals surface area contributed by atoms with Gasteiger partial charge in [0.15, 0.2) is 0 Å². The average Bonchev–Trinajstić information content (AvgIpc) is 2.28. The minimum atomic E-state index is 0.420. The van der Waals surface area contributed by atoms with Crippen LogP contribution in [-0.4, -0.2) is 22.5 Å². The molecular weight excluding hydrogens is 248 g/mol. The molecule has 2 rings (SSSR count). The highest BCUT2D eigenvalue weighted by Crippen LogP contribution is 2.42. The Morgan fingerprint density at radius 2 is 2.18 bits per heavy atom. The summed E-state index contributed by atoms with van der Waals surface area (Å²) in [6.07, 6.45) is 6.15. The molecule has 0 spiro atoms. The lowest BCUT2D eigenvalue weighted by molar-refractivity contribution is 0.380. The molecule has 0 atom stereocenters. The Labute approximate surface area is 112 Å². The summed E-state index contributed by atoms with van der Waals surface area (Å²) in [5.41, 5.74) is 7.72. The molecule has 1 aromatic rings. The zero-order valence-corrected chi connectivity index (χ0v) is 11.7. The zero-order valence-electron chi connectivity index (χ0n) is 10.0. The Hall–Kier alpha value is -0.740. The van der Waals surface area contributed by atoms with Gasteiger partial charge in [-0.3, -0.25) is 0 Å². The number of anilines is 1. The topological polar surface area (TPSA) is 38.0 Å². The Balaban J connectivity index is 2.06. The Morgan fingerprint density at radius 3 is 2.71 bits per heavy atom. The van der Waals surface area contributed by atoms with E-state index in [0.29, 0.717) is 9.74 Å². The zero-order chi connectivity index (χ0) is 12.3. The van der Waals surface area contributed by atoms with Gasteiger partial charge in [0.25, 0.3) is 0 Å². The first-order chi connectivity index (χ1) is 8.17. The van der Waals surface area contributed by atoms with Gasteiger partial charge in [-0.15, -0.1) is 0 Å². The van der Waals surface area contributed by atoms with Gasteiger partial charge in [-0.1, -0.05) is 30.8 Å². The van der Waals surface area contributed by atoms with Crippen LogP contribution in [0.5, 0.6) is 0 Å². The quantitative estimate of drug-likeness (QED) is 0.804. The molecule has 1 saturated carbocycles. The highest BCUT2D eigenvalue weighted by Gasteiger charge is 2.35. The van der Waals surface area contributed by atoms with E-state index in [1.54, 1.807) is 0 Å². The van der Waals surface area contributed by atoms with E-state index in [1.165, 1.54) is 19.3 Å². The van der Waals surface area contributed by atoms with E-state index >= 15 is 0 Å². The highest BCUT2D eigenvalue weighted by molar-refractivity contribution is 8.00. The number of thiocarbonyl (C=S) groups is 1. The van der Waals surface area contributed by atoms with Gasteiger partial charge in [0, 0.05) is 22.5 Å². The van der Waals surface area contributed by atoms with Crippen LogP contribution in [0.2, 0.25) is 0 Å². The van der Waals surface area contributed by atoms with Crippen LogP contribution >= 0.6 is 24.0 Å². The van der Waals surface area contributed by atoms with Crippen molar-refractivity contribution >= 4 is 34.7 Å². The number of hydrogen-bond acceptors (Lipinski definition) is 3. The lowest BCUT2D eigenvalue weighted by Gasteiger charge is -2.40. The molecule has 1 fully saturated rings. The van der Waals surface area contributed by atoms with Gasteiger partial charge in [-0.05, 0) is 31.2 Å². The number of para-hydroxylation sites is 1. The smallest absolute Gasteiger partial charge is 0.106 e. The summed E-state index contributed by atoms with van der Waals surface area (Å²) < 4.78 is 0.420. The molecule has 4 heteroatoms. The third-order valence-electron chi connectivity index (χ3n) is 3.49. The van der Waals surface area contributed by atoms with Crippen molar-refractivity contribution in [3.63, 3.8) is 0 Å². The summed E-state index contributed by atoms with van der Waals surface area (Å²) in [5.74, 6) is 0. The minimum absolute atomic E-state index is 0.420. The molecule has 0 heterocycles. The van der Waals surface area contributed by atoms with E-state index < -0.39 is 0 Å². The van der Waals surface area contributed by atoms with Crippen molar-refractivity contribution in [1.29, 1.82) is 0 Å². The van der Waals surface area contributed by atoms with Gasteiger partial charge in [-0.2, -0.15) is 11.8 Å². The molecule has 0 aliphatic heterocycles. The fourth-order valence-corrected chi connectivity index (χ4v) is 3.22. The number of hydrogen-bond donors (Lipinski definition) is 2. The van der Waals surface area contributed by atoms with Crippen molar-refractivity contribution < 1.29 is 0 Å². The normalized spacial score (nSPS) is 17.2. The van der Waals surface area contributed by atoms with Crippen LogP contribution in [-0.2, 0) is 0 Å². The summed E-state index contributed by atoms with van der Waals surface area (Å²) >= 11 is 7.03. The Morgan fingerprint density at radius 1 is 1.47 bits per heavy atom.